The molecule has 1 aliphatic heterocycles. The van der Waals surface area contributed by atoms with Crippen LogP contribution in [0.2, 0.25) is 5.02 Å². The van der Waals surface area contributed by atoms with Crippen LogP contribution in [0.5, 0.6) is 0 Å². The Morgan fingerprint density at radius 1 is 0.700 bits per heavy atom. The molecule has 0 radical (unpaired) electrons. The van der Waals surface area contributed by atoms with E-state index in [1.54, 1.807) is 0 Å². The third-order valence-electron chi connectivity index (χ3n) is 3.87. The van der Waals surface area contributed by atoms with E-state index in [1.165, 1.54) is 16.9 Å². The summed E-state index contributed by atoms with van der Waals surface area (Å²) in [5, 5.41) is 0.798. The lowest BCUT2D eigenvalue weighted by atomic mass is 10.2. The Bertz CT molecular complexity index is 501. The highest BCUT2D eigenvalue weighted by Crippen LogP contribution is 2.22. The van der Waals surface area contributed by atoms with Crippen LogP contribution < -0.4 is 9.80 Å². The quantitative estimate of drug-likeness (QED) is 0.824. The van der Waals surface area contributed by atoms with Gasteiger partial charge in [0.2, 0.25) is 0 Å². The van der Waals surface area contributed by atoms with Crippen LogP contribution >= 0.6 is 11.6 Å². The van der Waals surface area contributed by atoms with Crippen molar-refractivity contribution in [3.63, 3.8) is 0 Å². The molecule has 0 unspecified atom stereocenters. The van der Waals surface area contributed by atoms with Crippen LogP contribution in [0, 0.1) is 6.92 Å². The summed E-state index contributed by atoms with van der Waals surface area (Å²) < 4.78 is 0. The summed E-state index contributed by atoms with van der Waals surface area (Å²) in [5.74, 6) is 0. The Hall–Kier alpha value is -1.67. The Morgan fingerprint density at radius 2 is 1.10 bits per heavy atom. The standard InChI is InChI=1S/C17H19ClN2/c1-14-2-6-16(7-3-14)19-10-12-20(13-11-19)17-8-4-15(18)5-9-17/h2-9H,10-13H2,1H3. The van der Waals surface area contributed by atoms with Crippen molar-refractivity contribution in [3.8, 4) is 0 Å². The molecule has 1 heterocycles. The van der Waals surface area contributed by atoms with E-state index >= 15 is 0 Å². The third kappa shape index (κ3) is 2.91. The number of anilines is 2. The second-order valence-electron chi connectivity index (χ2n) is 5.29. The molecule has 2 aromatic rings. The van der Waals surface area contributed by atoms with Crippen LogP contribution in [0.25, 0.3) is 0 Å². The number of halogens is 1. The Labute approximate surface area is 125 Å². The van der Waals surface area contributed by atoms with E-state index < -0.39 is 0 Å². The van der Waals surface area contributed by atoms with Gasteiger partial charge < -0.3 is 9.80 Å². The van der Waals surface area contributed by atoms with Gasteiger partial charge in [-0.1, -0.05) is 29.3 Å². The third-order valence-corrected chi connectivity index (χ3v) is 4.12. The fourth-order valence-corrected chi connectivity index (χ4v) is 2.76. The van der Waals surface area contributed by atoms with E-state index in [0.717, 1.165) is 31.2 Å². The van der Waals surface area contributed by atoms with Gasteiger partial charge in [0.15, 0.2) is 0 Å². The topological polar surface area (TPSA) is 6.48 Å². The fourth-order valence-electron chi connectivity index (χ4n) is 2.63. The van der Waals surface area contributed by atoms with Crippen LogP contribution in [0.15, 0.2) is 48.5 Å². The van der Waals surface area contributed by atoms with Crippen LogP contribution in [-0.4, -0.2) is 26.2 Å². The molecule has 0 N–H and O–H groups in total. The van der Waals surface area contributed by atoms with Crippen molar-refractivity contribution in [1.82, 2.24) is 0 Å². The summed E-state index contributed by atoms with van der Waals surface area (Å²) in [6.45, 7) is 6.35. The van der Waals surface area contributed by atoms with Gasteiger partial charge in [-0.2, -0.15) is 0 Å². The Kier molecular flexibility index (Phi) is 3.83. The van der Waals surface area contributed by atoms with Crippen molar-refractivity contribution in [1.29, 1.82) is 0 Å². The molecule has 0 aromatic heterocycles. The summed E-state index contributed by atoms with van der Waals surface area (Å²) in [6, 6.07) is 16.9. The number of nitrogens with zero attached hydrogens (tertiary/aromatic N) is 2. The summed E-state index contributed by atoms with van der Waals surface area (Å²) in [7, 11) is 0. The largest absolute Gasteiger partial charge is 0.368 e. The Balaban J connectivity index is 1.64. The molecule has 20 heavy (non-hydrogen) atoms. The van der Waals surface area contributed by atoms with Gasteiger partial charge in [-0.05, 0) is 43.3 Å². The van der Waals surface area contributed by atoms with Gasteiger partial charge in [0, 0.05) is 42.6 Å². The smallest absolute Gasteiger partial charge is 0.0407 e. The molecule has 3 heteroatoms. The van der Waals surface area contributed by atoms with Crippen molar-refractivity contribution < 1.29 is 0 Å². The van der Waals surface area contributed by atoms with Crippen molar-refractivity contribution in [2.45, 2.75) is 6.92 Å². The molecule has 104 valence electrons. The average Bonchev–Trinajstić information content (AvgIpc) is 2.49. The summed E-state index contributed by atoms with van der Waals surface area (Å²) in [4.78, 5) is 4.87. The van der Waals surface area contributed by atoms with Crippen molar-refractivity contribution in [2.24, 2.45) is 0 Å². The maximum atomic E-state index is 5.94. The van der Waals surface area contributed by atoms with Gasteiger partial charge in [-0.3, -0.25) is 0 Å². The van der Waals surface area contributed by atoms with Crippen molar-refractivity contribution in [3.05, 3.63) is 59.1 Å². The van der Waals surface area contributed by atoms with Crippen LogP contribution in [0.4, 0.5) is 11.4 Å². The number of rotatable bonds is 2. The summed E-state index contributed by atoms with van der Waals surface area (Å²) >= 11 is 5.94. The average molecular weight is 287 g/mol. The first-order valence-corrected chi connectivity index (χ1v) is 7.42. The van der Waals surface area contributed by atoms with E-state index in [9.17, 15) is 0 Å². The van der Waals surface area contributed by atoms with Gasteiger partial charge in [0.05, 0.1) is 0 Å². The number of piperazine rings is 1. The van der Waals surface area contributed by atoms with Gasteiger partial charge in [0.1, 0.15) is 0 Å². The first kappa shape index (κ1) is 13.3. The zero-order valence-electron chi connectivity index (χ0n) is 11.7. The molecule has 2 nitrogen and oxygen atoms in total. The zero-order valence-corrected chi connectivity index (χ0v) is 12.5. The van der Waals surface area contributed by atoms with Gasteiger partial charge >= 0.3 is 0 Å². The van der Waals surface area contributed by atoms with E-state index in [0.29, 0.717) is 0 Å². The normalized spacial score (nSPS) is 15.5. The van der Waals surface area contributed by atoms with Crippen molar-refractivity contribution >= 4 is 23.0 Å². The number of aryl methyl sites for hydroxylation is 1. The number of hydrogen-bond donors (Lipinski definition) is 0. The van der Waals surface area contributed by atoms with Gasteiger partial charge in [0.25, 0.3) is 0 Å². The lowest BCUT2D eigenvalue weighted by molar-refractivity contribution is 0.653. The molecule has 1 fully saturated rings. The minimum Gasteiger partial charge on any atom is -0.368 e. The first-order chi connectivity index (χ1) is 9.72. The minimum atomic E-state index is 0.798. The molecule has 0 atom stereocenters. The minimum absolute atomic E-state index is 0.798. The monoisotopic (exact) mass is 286 g/mol. The van der Waals surface area contributed by atoms with E-state index in [4.69, 9.17) is 11.6 Å². The van der Waals surface area contributed by atoms with E-state index in [1.807, 2.05) is 12.1 Å². The van der Waals surface area contributed by atoms with Crippen LogP contribution in [-0.2, 0) is 0 Å². The molecule has 1 saturated heterocycles. The molecule has 0 amide bonds. The van der Waals surface area contributed by atoms with Gasteiger partial charge in [-0.25, -0.2) is 0 Å². The molecule has 0 bridgehead atoms. The summed E-state index contributed by atoms with van der Waals surface area (Å²) in [5.41, 5.74) is 3.90. The highest BCUT2D eigenvalue weighted by atomic mass is 35.5. The number of hydrogen-bond acceptors (Lipinski definition) is 2. The molecular weight excluding hydrogens is 268 g/mol. The predicted molar refractivity (Wildman–Crippen MR) is 87.1 cm³/mol. The highest BCUT2D eigenvalue weighted by Gasteiger charge is 2.17. The van der Waals surface area contributed by atoms with E-state index in [2.05, 4.69) is 53.1 Å². The highest BCUT2D eigenvalue weighted by molar-refractivity contribution is 6.30. The Morgan fingerprint density at radius 3 is 1.55 bits per heavy atom. The molecular formula is C17H19ClN2. The number of benzene rings is 2. The maximum Gasteiger partial charge on any atom is 0.0407 e. The van der Waals surface area contributed by atoms with Crippen LogP contribution in [0.3, 0.4) is 0 Å². The molecule has 0 saturated carbocycles. The molecule has 2 aromatic carbocycles. The molecule has 0 aliphatic carbocycles. The fraction of sp³-hybridized carbons (Fsp3) is 0.294. The molecule has 3 rings (SSSR count). The second kappa shape index (κ2) is 5.76. The maximum absolute atomic E-state index is 5.94. The first-order valence-electron chi connectivity index (χ1n) is 7.04. The molecule has 1 aliphatic rings. The zero-order chi connectivity index (χ0) is 13.9. The van der Waals surface area contributed by atoms with Crippen LogP contribution in [0.1, 0.15) is 5.56 Å². The molecule has 0 spiro atoms. The van der Waals surface area contributed by atoms with Crippen molar-refractivity contribution in [2.75, 3.05) is 36.0 Å². The SMILES string of the molecule is Cc1ccc(N2CCN(c3ccc(Cl)cc3)CC2)cc1. The van der Waals surface area contributed by atoms with E-state index in [-0.39, 0.29) is 0 Å². The summed E-state index contributed by atoms with van der Waals surface area (Å²) in [6.07, 6.45) is 0. The second-order valence-corrected chi connectivity index (χ2v) is 5.72. The predicted octanol–water partition coefficient (Wildman–Crippen LogP) is 3.98. The van der Waals surface area contributed by atoms with Gasteiger partial charge in [-0.15, -0.1) is 0 Å². The lowest BCUT2D eigenvalue weighted by Gasteiger charge is -2.37. The lowest BCUT2D eigenvalue weighted by Crippen LogP contribution is -2.46.